The Bertz CT molecular complexity index is 756. The molecule has 2 aromatic carbocycles. The van der Waals surface area contributed by atoms with Crippen LogP contribution in [0.3, 0.4) is 0 Å². The minimum atomic E-state index is -0.225. The zero-order chi connectivity index (χ0) is 17.8. The van der Waals surface area contributed by atoms with E-state index in [-0.39, 0.29) is 23.7 Å². The number of halogens is 1. The molecule has 5 heteroatoms. The van der Waals surface area contributed by atoms with Gasteiger partial charge in [-0.05, 0) is 49.6 Å². The predicted molar refractivity (Wildman–Crippen MR) is 99.6 cm³/mol. The van der Waals surface area contributed by atoms with Crippen LogP contribution >= 0.6 is 11.6 Å². The van der Waals surface area contributed by atoms with Gasteiger partial charge in [0.15, 0.2) is 0 Å². The first-order chi connectivity index (χ1) is 12.0. The fourth-order valence-corrected chi connectivity index (χ4v) is 2.88. The molecule has 0 aliphatic heterocycles. The third kappa shape index (κ3) is 4.83. The van der Waals surface area contributed by atoms with Gasteiger partial charge in [0.05, 0.1) is 11.8 Å². The Kier molecular flexibility index (Phi) is 5.39. The number of hydrogen-bond acceptors (Lipinski definition) is 2. The predicted octanol–water partition coefficient (Wildman–Crippen LogP) is 3.58. The Morgan fingerprint density at radius 1 is 1.00 bits per heavy atom. The Morgan fingerprint density at radius 3 is 2.32 bits per heavy atom. The van der Waals surface area contributed by atoms with Crippen LogP contribution in [0.1, 0.15) is 17.5 Å². The molecule has 0 bridgehead atoms. The monoisotopic (exact) mass is 356 g/mol. The Labute approximate surface area is 152 Å². The van der Waals surface area contributed by atoms with Gasteiger partial charge >= 0.3 is 0 Å². The fourth-order valence-electron chi connectivity index (χ4n) is 2.76. The van der Waals surface area contributed by atoms with E-state index < -0.39 is 0 Å². The number of carbonyl (C=O) groups excluding carboxylic acids is 2. The minimum Gasteiger partial charge on any atom is -0.356 e. The molecule has 0 radical (unpaired) electrons. The maximum absolute atomic E-state index is 12.2. The number of anilines is 1. The van der Waals surface area contributed by atoms with Crippen LogP contribution in [0.5, 0.6) is 0 Å². The second-order valence-corrected chi connectivity index (χ2v) is 6.91. The second-order valence-electron chi connectivity index (χ2n) is 6.47. The molecule has 1 fully saturated rings. The lowest BCUT2D eigenvalue weighted by Gasteiger charge is -2.07. The van der Waals surface area contributed by atoms with Crippen LogP contribution in [-0.4, -0.2) is 18.4 Å². The molecule has 1 aliphatic carbocycles. The van der Waals surface area contributed by atoms with Crippen LogP contribution < -0.4 is 10.6 Å². The van der Waals surface area contributed by atoms with Crippen LogP contribution in [0.2, 0.25) is 5.02 Å². The summed E-state index contributed by atoms with van der Waals surface area (Å²) < 4.78 is 0. The van der Waals surface area contributed by atoms with E-state index in [0.29, 0.717) is 18.0 Å². The summed E-state index contributed by atoms with van der Waals surface area (Å²) in [5.41, 5.74) is 3.03. The molecule has 130 valence electrons. The normalized spacial score (nSPS) is 18.5. The molecular formula is C20H21ClN2O2. The third-order valence-electron chi connectivity index (χ3n) is 4.41. The van der Waals surface area contributed by atoms with Crippen LogP contribution in [0.25, 0.3) is 0 Å². The number of aryl methyl sites for hydroxylation is 1. The summed E-state index contributed by atoms with van der Waals surface area (Å²) in [5, 5.41) is 6.49. The molecule has 2 N–H and O–H groups in total. The Morgan fingerprint density at radius 2 is 1.64 bits per heavy atom. The molecule has 0 spiro atoms. The molecule has 25 heavy (non-hydrogen) atoms. The molecule has 4 nitrogen and oxygen atoms in total. The van der Waals surface area contributed by atoms with Gasteiger partial charge in [-0.3, -0.25) is 9.59 Å². The van der Waals surface area contributed by atoms with Gasteiger partial charge < -0.3 is 10.6 Å². The number of nitrogens with one attached hydrogen (secondary N) is 2. The molecule has 2 aromatic rings. The van der Waals surface area contributed by atoms with Gasteiger partial charge in [-0.2, -0.15) is 0 Å². The van der Waals surface area contributed by atoms with Crippen molar-refractivity contribution >= 4 is 29.1 Å². The van der Waals surface area contributed by atoms with E-state index in [1.165, 1.54) is 0 Å². The van der Waals surface area contributed by atoms with Gasteiger partial charge in [-0.25, -0.2) is 0 Å². The van der Waals surface area contributed by atoms with Crippen LogP contribution in [-0.2, 0) is 16.0 Å². The highest BCUT2D eigenvalue weighted by atomic mass is 35.5. The fraction of sp³-hybridized carbons (Fsp3) is 0.300. The topological polar surface area (TPSA) is 58.2 Å². The van der Waals surface area contributed by atoms with Gasteiger partial charge in [-0.15, -0.1) is 0 Å². The summed E-state index contributed by atoms with van der Waals surface area (Å²) in [7, 11) is 0. The molecule has 2 amide bonds. The van der Waals surface area contributed by atoms with Crippen LogP contribution in [0.15, 0.2) is 48.5 Å². The van der Waals surface area contributed by atoms with Crippen molar-refractivity contribution in [1.82, 2.24) is 5.32 Å². The molecule has 3 rings (SSSR count). The van der Waals surface area contributed by atoms with Crippen molar-refractivity contribution in [3.05, 3.63) is 64.7 Å². The Hall–Kier alpha value is -2.33. The first kappa shape index (κ1) is 17.5. The van der Waals surface area contributed by atoms with Crippen LogP contribution in [0, 0.1) is 18.8 Å². The van der Waals surface area contributed by atoms with E-state index in [1.807, 2.05) is 55.5 Å². The van der Waals surface area contributed by atoms with E-state index in [0.717, 1.165) is 23.2 Å². The van der Waals surface area contributed by atoms with Crippen molar-refractivity contribution in [2.45, 2.75) is 19.8 Å². The minimum absolute atomic E-state index is 0.0435. The smallest absolute Gasteiger partial charge is 0.228 e. The standard InChI is InChI=1S/C20H21ClN2O2/c1-13-2-8-16(9-3-13)23-20(25)18-12-17(18)19(24)22-11-10-14-4-6-15(21)7-5-14/h2-9,17-18H,10-12H2,1H3,(H,22,24)(H,23,25). The summed E-state index contributed by atoms with van der Waals surface area (Å²) in [6.07, 6.45) is 1.36. The largest absolute Gasteiger partial charge is 0.356 e. The van der Waals surface area contributed by atoms with E-state index in [1.54, 1.807) is 0 Å². The van der Waals surface area contributed by atoms with Crippen molar-refractivity contribution < 1.29 is 9.59 Å². The number of rotatable bonds is 6. The average Bonchev–Trinajstić information content (AvgIpc) is 3.39. The average molecular weight is 357 g/mol. The number of hydrogen-bond donors (Lipinski definition) is 2. The molecular weight excluding hydrogens is 336 g/mol. The number of amides is 2. The molecule has 2 atom stereocenters. The van der Waals surface area contributed by atoms with Gasteiger partial charge in [-0.1, -0.05) is 41.4 Å². The van der Waals surface area contributed by atoms with E-state index >= 15 is 0 Å². The molecule has 1 saturated carbocycles. The zero-order valence-corrected chi connectivity index (χ0v) is 14.8. The highest BCUT2D eigenvalue weighted by molar-refractivity contribution is 6.30. The van der Waals surface area contributed by atoms with Crippen LogP contribution in [0.4, 0.5) is 5.69 Å². The maximum atomic E-state index is 12.2. The summed E-state index contributed by atoms with van der Waals surface area (Å²) in [6, 6.07) is 15.2. The van der Waals surface area contributed by atoms with Crippen molar-refractivity contribution in [2.75, 3.05) is 11.9 Å². The molecule has 2 unspecified atom stereocenters. The molecule has 0 aromatic heterocycles. The molecule has 0 saturated heterocycles. The SMILES string of the molecule is Cc1ccc(NC(=O)C2CC2C(=O)NCCc2ccc(Cl)cc2)cc1. The van der Waals surface area contributed by atoms with Gasteiger partial charge in [0.25, 0.3) is 0 Å². The summed E-state index contributed by atoms with van der Waals surface area (Å²) in [5.74, 6) is -0.563. The maximum Gasteiger partial charge on any atom is 0.228 e. The second kappa shape index (κ2) is 7.70. The number of carbonyl (C=O) groups is 2. The number of benzene rings is 2. The third-order valence-corrected chi connectivity index (χ3v) is 4.66. The highest BCUT2D eigenvalue weighted by Crippen LogP contribution is 2.39. The summed E-state index contributed by atoms with van der Waals surface area (Å²) in [6.45, 7) is 2.56. The van der Waals surface area contributed by atoms with E-state index in [4.69, 9.17) is 11.6 Å². The van der Waals surface area contributed by atoms with E-state index in [9.17, 15) is 9.59 Å². The van der Waals surface area contributed by atoms with Gasteiger partial charge in [0.1, 0.15) is 0 Å². The highest BCUT2D eigenvalue weighted by Gasteiger charge is 2.47. The first-order valence-electron chi connectivity index (χ1n) is 8.42. The summed E-state index contributed by atoms with van der Waals surface area (Å²) in [4.78, 5) is 24.3. The van der Waals surface area contributed by atoms with Crippen molar-refractivity contribution in [3.8, 4) is 0 Å². The Balaban J connectivity index is 1.41. The molecule has 0 heterocycles. The lowest BCUT2D eigenvalue weighted by molar-refractivity contribution is -0.125. The van der Waals surface area contributed by atoms with Gasteiger partial charge in [0.2, 0.25) is 11.8 Å². The zero-order valence-electron chi connectivity index (χ0n) is 14.1. The first-order valence-corrected chi connectivity index (χ1v) is 8.80. The van der Waals surface area contributed by atoms with Crippen molar-refractivity contribution in [1.29, 1.82) is 0 Å². The van der Waals surface area contributed by atoms with Crippen molar-refractivity contribution in [3.63, 3.8) is 0 Å². The van der Waals surface area contributed by atoms with Gasteiger partial charge in [0, 0.05) is 17.3 Å². The van der Waals surface area contributed by atoms with Crippen molar-refractivity contribution in [2.24, 2.45) is 11.8 Å². The van der Waals surface area contributed by atoms with E-state index in [2.05, 4.69) is 10.6 Å². The quantitative estimate of drug-likeness (QED) is 0.831. The lowest BCUT2D eigenvalue weighted by atomic mass is 10.1. The lowest BCUT2D eigenvalue weighted by Crippen LogP contribution is -2.29. The molecule has 1 aliphatic rings. The summed E-state index contributed by atoms with van der Waals surface area (Å²) >= 11 is 5.85.